The average Bonchev–Trinajstić information content (AvgIpc) is 2.30. The van der Waals surface area contributed by atoms with Crippen LogP contribution in [0.15, 0.2) is 18.2 Å². The van der Waals surface area contributed by atoms with Crippen LogP contribution in [0.4, 0.5) is 4.39 Å². The number of Topliss-reactive ketones (excluding diaryl/α,β-unsaturated/α-hetero) is 1. The number of aliphatic carboxylic acids is 1. The van der Waals surface area contributed by atoms with Gasteiger partial charge < -0.3 is 9.84 Å². The first kappa shape index (κ1) is 14.2. The Morgan fingerprint density at radius 2 is 2.11 bits per heavy atom. The van der Waals surface area contributed by atoms with Gasteiger partial charge >= 0.3 is 5.97 Å². The maximum atomic E-state index is 13.5. The van der Waals surface area contributed by atoms with E-state index in [0.29, 0.717) is 6.61 Å². The summed E-state index contributed by atoms with van der Waals surface area (Å²) in [4.78, 5) is 22.3. The molecule has 0 aliphatic carbocycles. The van der Waals surface area contributed by atoms with Crippen LogP contribution in [0, 0.1) is 11.7 Å². The summed E-state index contributed by atoms with van der Waals surface area (Å²) in [6, 6.07) is 3.89. The van der Waals surface area contributed by atoms with E-state index in [1.807, 2.05) is 0 Å². The van der Waals surface area contributed by atoms with Crippen LogP contribution in [0.3, 0.4) is 0 Å². The third-order valence-corrected chi connectivity index (χ3v) is 2.44. The first-order valence-electron chi connectivity index (χ1n) is 5.64. The molecule has 1 aromatic rings. The Bertz CT molecular complexity index is 456. The van der Waals surface area contributed by atoms with Gasteiger partial charge in [-0.3, -0.25) is 9.59 Å². The van der Waals surface area contributed by atoms with E-state index in [1.165, 1.54) is 19.1 Å². The Morgan fingerprint density at radius 3 is 2.61 bits per heavy atom. The third-order valence-electron chi connectivity index (χ3n) is 2.44. The topological polar surface area (TPSA) is 63.6 Å². The van der Waals surface area contributed by atoms with Gasteiger partial charge in [-0.25, -0.2) is 4.39 Å². The van der Waals surface area contributed by atoms with Crippen molar-refractivity contribution in [2.45, 2.75) is 20.3 Å². The number of hydrogen-bond acceptors (Lipinski definition) is 3. The van der Waals surface area contributed by atoms with Gasteiger partial charge in [0, 0.05) is 11.5 Å². The van der Waals surface area contributed by atoms with E-state index in [1.54, 1.807) is 6.92 Å². The number of carbonyl (C=O) groups is 2. The fraction of sp³-hybridized carbons (Fsp3) is 0.385. The molecule has 1 rings (SSSR count). The molecule has 0 saturated heterocycles. The summed E-state index contributed by atoms with van der Waals surface area (Å²) in [7, 11) is 0. The predicted octanol–water partition coefficient (Wildman–Crippen LogP) is 2.52. The number of carboxylic acid groups (broad SMARTS) is 1. The SMILES string of the molecule is CCOc1ccc(C(=O)C(C)CC(=O)O)cc1F. The highest BCUT2D eigenvalue weighted by molar-refractivity contribution is 5.99. The number of ether oxygens (including phenoxy) is 1. The molecule has 4 nitrogen and oxygen atoms in total. The molecular weight excluding hydrogens is 239 g/mol. The van der Waals surface area contributed by atoms with Crippen LogP contribution in [-0.2, 0) is 4.79 Å². The van der Waals surface area contributed by atoms with Gasteiger partial charge in [-0.05, 0) is 25.1 Å². The van der Waals surface area contributed by atoms with E-state index in [0.717, 1.165) is 6.07 Å². The van der Waals surface area contributed by atoms with Crippen LogP contribution in [0.1, 0.15) is 30.6 Å². The molecule has 1 unspecified atom stereocenters. The minimum Gasteiger partial charge on any atom is -0.491 e. The molecule has 0 radical (unpaired) electrons. The van der Waals surface area contributed by atoms with Gasteiger partial charge in [0.25, 0.3) is 0 Å². The van der Waals surface area contributed by atoms with Crippen molar-refractivity contribution < 1.29 is 23.8 Å². The van der Waals surface area contributed by atoms with Crippen LogP contribution < -0.4 is 4.74 Å². The second-order valence-electron chi connectivity index (χ2n) is 3.94. The highest BCUT2D eigenvalue weighted by Gasteiger charge is 2.19. The van der Waals surface area contributed by atoms with Gasteiger partial charge in [0.05, 0.1) is 13.0 Å². The van der Waals surface area contributed by atoms with E-state index in [4.69, 9.17) is 9.84 Å². The lowest BCUT2D eigenvalue weighted by atomic mass is 9.96. The quantitative estimate of drug-likeness (QED) is 0.792. The summed E-state index contributed by atoms with van der Waals surface area (Å²) < 4.78 is 18.5. The maximum absolute atomic E-state index is 13.5. The van der Waals surface area contributed by atoms with E-state index in [-0.39, 0.29) is 23.5 Å². The molecule has 0 spiro atoms. The van der Waals surface area contributed by atoms with Crippen molar-refractivity contribution in [1.82, 2.24) is 0 Å². The Labute approximate surface area is 104 Å². The van der Waals surface area contributed by atoms with Gasteiger partial charge in [-0.15, -0.1) is 0 Å². The predicted molar refractivity (Wildman–Crippen MR) is 63.3 cm³/mol. The lowest BCUT2D eigenvalue weighted by molar-refractivity contribution is -0.137. The molecule has 0 aliphatic rings. The molecule has 1 aromatic carbocycles. The summed E-state index contributed by atoms with van der Waals surface area (Å²) in [5, 5.41) is 8.60. The van der Waals surface area contributed by atoms with Gasteiger partial charge in [0.15, 0.2) is 17.3 Å². The van der Waals surface area contributed by atoms with Crippen LogP contribution in [0.2, 0.25) is 0 Å². The third kappa shape index (κ3) is 3.55. The van der Waals surface area contributed by atoms with Crippen molar-refractivity contribution in [3.8, 4) is 5.75 Å². The first-order valence-corrected chi connectivity index (χ1v) is 5.64. The van der Waals surface area contributed by atoms with Crippen LogP contribution in [0.5, 0.6) is 5.75 Å². The van der Waals surface area contributed by atoms with Crippen molar-refractivity contribution in [2.75, 3.05) is 6.61 Å². The highest BCUT2D eigenvalue weighted by Crippen LogP contribution is 2.21. The molecule has 98 valence electrons. The van der Waals surface area contributed by atoms with Gasteiger partial charge in [-0.1, -0.05) is 6.92 Å². The molecule has 0 fully saturated rings. The van der Waals surface area contributed by atoms with Crippen molar-refractivity contribution >= 4 is 11.8 Å². The number of hydrogen-bond donors (Lipinski definition) is 1. The summed E-state index contributed by atoms with van der Waals surface area (Å²) >= 11 is 0. The molecule has 1 atom stereocenters. The summed E-state index contributed by atoms with van der Waals surface area (Å²) in [6.07, 6.45) is -0.270. The monoisotopic (exact) mass is 254 g/mol. The molecule has 1 N–H and O–H groups in total. The number of carbonyl (C=O) groups excluding carboxylic acids is 1. The van der Waals surface area contributed by atoms with Crippen molar-refractivity contribution in [3.63, 3.8) is 0 Å². The lowest BCUT2D eigenvalue weighted by Crippen LogP contribution is -2.15. The first-order chi connectivity index (χ1) is 8.45. The van der Waals surface area contributed by atoms with Crippen molar-refractivity contribution in [1.29, 1.82) is 0 Å². The lowest BCUT2D eigenvalue weighted by Gasteiger charge is -2.09. The van der Waals surface area contributed by atoms with Crippen molar-refractivity contribution in [3.05, 3.63) is 29.6 Å². The molecule has 0 bridgehead atoms. The number of benzene rings is 1. The largest absolute Gasteiger partial charge is 0.491 e. The van der Waals surface area contributed by atoms with E-state index < -0.39 is 17.7 Å². The summed E-state index contributed by atoms with van der Waals surface area (Å²) in [5.41, 5.74) is 0.157. The Kier molecular flexibility index (Phi) is 4.83. The number of carboxylic acids is 1. The maximum Gasteiger partial charge on any atom is 0.304 e. The van der Waals surface area contributed by atoms with Crippen LogP contribution >= 0.6 is 0 Å². The van der Waals surface area contributed by atoms with E-state index in [9.17, 15) is 14.0 Å². The Balaban J connectivity index is 2.87. The molecule has 0 amide bonds. The van der Waals surface area contributed by atoms with Crippen LogP contribution in [0.25, 0.3) is 0 Å². The molecule has 0 aliphatic heterocycles. The van der Waals surface area contributed by atoms with Gasteiger partial charge in [0.1, 0.15) is 0 Å². The normalized spacial score (nSPS) is 11.9. The zero-order chi connectivity index (χ0) is 13.7. The molecule has 0 saturated carbocycles. The fourth-order valence-corrected chi connectivity index (χ4v) is 1.57. The van der Waals surface area contributed by atoms with Crippen molar-refractivity contribution in [2.24, 2.45) is 5.92 Å². The number of rotatable bonds is 6. The minimum absolute atomic E-state index is 0.0833. The van der Waals surface area contributed by atoms with E-state index in [2.05, 4.69) is 0 Å². The highest BCUT2D eigenvalue weighted by atomic mass is 19.1. The second-order valence-corrected chi connectivity index (χ2v) is 3.94. The fourth-order valence-electron chi connectivity index (χ4n) is 1.57. The Hall–Kier alpha value is -1.91. The standard InChI is InChI=1S/C13H15FO4/c1-3-18-11-5-4-9(7-10(11)14)13(17)8(2)6-12(15)16/h4-5,7-8H,3,6H2,1-2H3,(H,15,16). The van der Waals surface area contributed by atoms with E-state index >= 15 is 0 Å². The number of halogens is 1. The van der Waals surface area contributed by atoms with Crippen LogP contribution in [-0.4, -0.2) is 23.5 Å². The minimum atomic E-state index is -1.05. The molecule has 0 aromatic heterocycles. The number of ketones is 1. The molecule has 18 heavy (non-hydrogen) atoms. The second kappa shape index (κ2) is 6.14. The van der Waals surface area contributed by atoms with Gasteiger partial charge in [0.2, 0.25) is 0 Å². The summed E-state index contributed by atoms with van der Waals surface area (Å²) in [5.74, 6) is -2.66. The Morgan fingerprint density at radius 1 is 1.44 bits per heavy atom. The molecule has 5 heteroatoms. The molecule has 0 heterocycles. The summed E-state index contributed by atoms with van der Waals surface area (Å²) in [6.45, 7) is 3.57. The van der Waals surface area contributed by atoms with Gasteiger partial charge in [-0.2, -0.15) is 0 Å². The smallest absolute Gasteiger partial charge is 0.304 e. The zero-order valence-corrected chi connectivity index (χ0v) is 10.3. The average molecular weight is 254 g/mol. The zero-order valence-electron chi connectivity index (χ0n) is 10.3. The molecular formula is C13H15FO4.